The van der Waals surface area contributed by atoms with Crippen LogP contribution in [0.1, 0.15) is 36.5 Å². The maximum Gasteiger partial charge on any atom is 0.407 e. The van der Waals surface area contributed by atoms with Crippen LogP contribution in [-0.2, 0) is 34.0 Å². The van der Waals surface area contributed by atoms with Crippen molar-refractivity contribution in [1.82, 2.24) is 20.9 Å². The number of carbonyl (C=O) groups excluding carboxylic acids is 3. The molecule has 3 N–H and O–H groups in total. The molecular formula is C33H42N4O6. The molecule has 0 radical (unpaired) electrons. The van der Waals surface area contributed by atoms with Crippen LogP contribution < -0.4 is 16.0 Å². The van der Waals surface area contributed by atoms with E-state index in [4.69, 9.17) is 14.2 Å². The predicted molar refractivity (Wildman–Crippen MR) is 164 cm³/mol. The number of hydrogen-bond donors (Lipinski definition) is 3. The summed E-state index contributed by atoms with van der Waals surface area (Å²) in [7, 11) is 0. The quantitative estimate of drug-likeness (QED) is 0.184. The Labute approximate surface area is 253 Å². The maximum atomic E-state index is 12.6. The monoisotopic (exact) mass is 590 g/mol. The molecule has 10 nitrogen and oxygen atoms in total. The number of amides is 3. The van der Waals surface area contributed by atoms with Crippen LogP contribution in [0.4, 0.5) is 14.4 Å². The van der Waals surface area contributed by atoms with Crippen molar-refractivity contribution in [2.24, 2.45) is 0 Å². The van der Waals surface area contributed by atoms with Gasteiger partial charge in [-0.05, 0) is 23.1 Å². The first-order valence-electron chi connectivity index (χ1n) is 14.6. The zero-order valence-corrected chi connectivity index (χ0v) is 24.7. The van der Waals surface area contributed by atoms with Crippen molar-refractivity contribution in [1.29, 1.82) is 0 Å². The third kappa shape index (κ3) is 14.2. The van der Waals surface area contributed by atoms with Crippen molar-refractivity contribution in [2.45, 2.75) is 45.6 Å². The minimum Gasteiger partial charge on any atom is -0.445 e. The number of nitrogens with zero attached hydrogens (tertiary/aromatic N) is 1. The zero-order chi connectivity index (χ0) is 30.5. The van der Waals surface area contributed by atoms with E-state index < -0.39 is 18.3 Å². The standard InChI is InChI=1S/C33H42N4O6/c1-2-12-30(36-33(40)43-26-29-17-10-5-11-18-29)23-37(21-19-34-31(38)41-24-27-13-6-3-7-14-27)22-20-35-32(39)42-25-28-15-8-4-9-16-28/h3-11,13-18,30H,2,12,19-26H2,1H3,(H,34,38)(H,35,39)(H,36,40). The predicted octanol–water partition coefficient (Wildman–Crippen LogP) is 5.24. The molecule has 0 fully saturated rings. The molecule has 0 bridgehead atoms. The lowest BCUT2D eigenvalue weighted by Gasteiger charge is -2.28. The van der Waals surface area contributed by atoms with Crippen LogP contribution in [-0.4, -0.2) is 61.9 Å². The molecule has 0 aromatic heterocycles. The summed E-state index contributed by atoms with van der Waals surface area (Å²) in [5, 5.41) is 8.52. The molecule has 3 aromatic carbocycles. The van der Waals surface area contributed by atoms with Gasteiger partial charge >= 0.3 is 18.3 Å². The van der Waals surface area contributed by atoms with E-state index in [1.807, 2.05) is 97.9 Å². The van der Waals surface area contributed by atoms with Crippen LogP contribution in [0.15, 0.2) is 91.0 Å². The van der Waals surface area contributed by atoms with Crippen molar-refractivity contribution >= 4 is 18.3 Å². The Morgan fingerprint density at radius 1 is 0.628 bits per heavy atom. The van der Waals surface area contributed by atoms with Gasteiger partial charge in [0.25, 0.3) is 0 Å². The molecule has 0 heterocycles. The number of alkyl carbamates (subject to hydrolysis) is 3. The van der Waals surface area contributed by atoms with Crippen molar-refractivity contribution in [2.75, 3.05) is 32.7 Å². The van der Waals surface area contributed by atoms with Crippen molar-refractivity contribution in [3.63, 3.8) is 0 Å². The fraction of sp³-hybridized carbons (Fsp3) is 0.364. The Balaban J connectivity index is 1.48. The van der Waals surface area contributed by atoms with Crippen LogP contribution >= 0.6 is 0 Å². The molecule has 1 unspecified atom stereocenters. The fourth-order valence-corrected chi connectivity index (χ4v) is 4.28. The molecule has 0 aliphatic heterocycles. The average molecular weight is 591 g/mol. The molecule has 3 rings (SSSR count). The van der Waals surface area contributed by atoms with Crippen molar-refractivity contribution in [3.05, 3.63) is 108 Å². The van der Waals surface area contributed by atoms with Gasteiger partial charge in [-0.15, -0.1) is 0 Å². The zero-order valence-electron chi connectivity index (χ0n) is 24.7. The highest BCUT2D eigenvalue weighted by atomic mass is 16.6. The van der Waals surface area contributed by atoms with Gasteiger partial charge in [0.1, 0.15) is 19.8 Å². The summed E-state index contributed by atoms with van der Waals surface area (Å²) in [5.41, 5.74) is 2.70. The third-order valence-corrected chi connectivity index (χ3v) is 6.47. The number of carbonyl (C=O) groups is 3. The second-order valence-electron chi connectivity index (χ2n) is 9.97. The SMILES string of the molecule is CCCC(CN(CCNC(=O)OCc1ccccc1)CCNC(=O)OCc1ccccc1)NC(=O)OCc1ccccc1. The highest BCUT2D eigenvalue weighted by Gasteiger charge is 2.18. The summed E-state index contributed by atoms with van der Waals surface area (Å²) in [5.74, 6) is 0. The summed E-state index contributed by atoms with van der Waals surface area (Å²) < 4.78 is 16.0. The summed E-state index contributed by atoms with van der Waals surface area (Å²) in [4.78, 5) is 39.1. The average Bonchev–Trinajstić information content (AvgIpc) is 3.03. The summed E-state index contributed by atoms with van der Waals surface area (Å²) in [6.45, 7) is 4.67. The topological polar surface area (TPSA) is 118 Å². The largest absolute Gasteiger partial charge is 0.445 e. The minimum absolute atomic E-state index is 0.180. The second-order valence-corrected chi connectivity index (χ2v) is 9.97. The summed E-state index contributed by atoms with van der Waals surface area (Å²) in [6, 6.07) is 28.2. The number of rotatable bonds is 17. The lowest BCUT2D eigenvalue weighted by Crippen LogP contribution is -2.48. The molecule has 0 aliphatic carbocycles. The number of ether oxygens (including phenoxy) is 3. The van der Waals surface area contributed by atoms with Crippen LogP contribution in [0.25, 0.3) is 0 Å². The maximum absolute atomic E-state index is 12.6. The van der Waals surface area contributed by atoms with E-state index in [-0.39, 0.29) is 25.9 Å². The Hall–Kier alpha value is -4.57. The molecule has 3 amide bonds. The molecule has 0 saturated carbocycles. The van der Waals surface area contributed by atoms with E-state index in [0.29, 0.717) is 32.7 Å². The number of hydrogen-bond acceptors (Lipinski definition) is 7. The molecule has 0 aliphatic rings. The molecule has 10 heteroatoms. The molecule has 1 atom stereocenters. The van der Waals surface area contributed by atoms with Gasteiger partial charge in [0.2, 0.25) is 0 Å². The number of nitrogens with one attached hydrogen (secondary N) is 3. The molecule has 230 valence electrons. The van der Waals surface area contributed by atoms with Crippen LogP contribution in [0.2, 0.25) is 0 Å². The van der Waals surface area contributed by atoms with Gasteiger partial charge in [-0.1, -0.05) is 104 Å². The van der Waals surface area contributed by atoms with Gasteiger partial charge < -0.3 is 30.2 Å². The third-order valence-electron chi connectivity index (χ3n) is 6.47. The first kappa shape index (κ1) is 32.9. The van der Waals surface area contributed by atoms with E-state index in [1.54, 1.807) is 0 Å². The Bertz CT molecular complexity index is 1150. The van der Waals surface area contributed by atoms with Gasteiger partial charge in [-0.25, -0.2) is 14.4 Å². The smallest absolute Gasteiger partial charge is 0.407 e. The first-order chi connectivity index (χ1) is 21.0. The Morgan fingerprint density at radius 2 is 1.02 bits per heavy atom. The molecule has 43 heavy (non-hydrogen) atoms. The normalized spacial score (nSPS) is 11.3. The molecule has 3 aromatic rings. The van der Waals surface area contributed by atoms with Gasteiger partial charge in [0.05, 0.1) is 0 Å². The number of benzene rings is 3. The highest BCUT2D eigenvalue weighted by Crippen LogP contribution is 2.05. The lowest BCUT2D eigenvalue weighted by atomic mass is 10.1. The van der Waals surface area contributed by atoms with Crippen LogP contribution in [0.3, 0.4) is 0 Å². The highest BCUT2D eigenvalue weighted by molar-refractivity contribution is 5.68. The first-order valence-corrected chi connectivity index (χ1v) is 14.6. The summed E-state index contributed by atoms with van der Waals surface area (Å²) >= 11 is 0. The van der Waals surface area contributed by atoms with Gasteiger partial charge in [0.15, 0.2) is 0 Å². The van der Waals surface area contributed by atoms with E-state index in [1.165, 1.54) is 0 Å². The van der Waals surface area contributed by atoms with Crippen LogP contribution in [0, 0.1) is 0 Å². The van der Waals surface area contributed by atoms with Crippen molar-refractivity contribution < 1.29 is 28.6 Å². The van der Waals surface area contributed by atoms with E-state index >= 15 is 0 Å². The van der Waals surface area contributed by atoms with E-state index in [0.717, 1.165) is 29.5 Å². The lowest BCUT2D eigenvalue weighted by molar-refractivity contribution is 0.128. The van der Waals surface area contributed by atoms with E-state index in [9.17, 15) is 14.4 Å². The van der Waals surface area contributed by atoms with Gasteiger partial charge in [-0.3, -0.25) is 4.90 Å². The Morgan fingerprint density at radius 3 is 1.42 bits per heavy atom. The fourth-order valence-electron chi connectivity index (χ4n) is 4.28. The van der Waals surface area contributed by atoms with Gasteiger partial charge in [-0.2, -0.15) is 0 Å². The molecule has 0 saturated heterocycles. The molecular weight excluding hydrogens is 548 g/mol. The Kier molecular flexibility index (Phi) is 15.0. The van der Waals surface area contributed by atoms with Gasteiger partial charge in [0, 0.05) is 38.8 Å². The van der Waals surface area contributed by atoms with Crippen LogP contribution in [0.5, 0.6) is 0 Å². The van der Waals surface area contributed by atoms with Crippen molar-refractivity contribution in [3.8, 4) is 0 Å². The molecule has 0 spiro atoms. The van der Waals surface area contributed by atoms with E-state index in [2.05, 4.69) is 20.9 Å². The summed E-state index contributed by atoms with van der Waals surface area (Å²) in [6.07, 6.45) is 0.0625. The minimum atomic E-state index is -0.515. The second kappa shape index (κ2) is 19.5.